The van der Waals surface area contributed by atoms with Crippen LogP contribution in [0.15, 0.2) is 47.6 Å². The number of hydrogen-bond acceptors (Lipinski definition) is 8. The zero-order valence-electron chi connectivity index (χ0n) is 17.7. The number of hydrogen-bond donors (Lipinski definition) is 2. The van der Waals surface area contributed by atoms with Crippen LogP contribution < -0.4 is 14.8 Å². The largest absolute Gasteiger partial charge is 0.480 e. The van der Waals surface area contributed by atoms with E-state index in [0.717, 1.165) is 6.07 Å². The van der Waals surface area contributed by atoms with E-state index in [2.05, 4.69) is 30.0 Å². The van der Waals surface area contributed by atoms with E-state index in [9.17, 15) is 12.8 Å². The molecule has 170 valence electrons. The van der Waals surface area contributed by atoms with Gasteiger partial charge in [-0.05, 0) is 42.8 Å². The number of ether oxygens (including phenoxy) is 1. The summed E-state index contributed by atoms with van der Waals surface area (Å²) in [7, 11) is -1.19. The Balaban J connectivity index is 1.76. The van der Waals surface area contributed by atoms with Crippen LogP contribution in [0.5, 0.6) is 5.88 Å². The van der Waals surface area contributed by atoms with E-state index >= 15 is 0 Å². The first kappa shape index (κ1) is 22.6. The van der Waals surface area contributed by atoms with Crippen molar-refractivity contribution in [2.24, 2.45) is 0 Å². The average molecular weight is 489 g/mol. The maximum Gasteiger partial charge on any atom is 0.267 e. The molecule has 3 heterocycles. The smallest absolute Gasteiger partial charge is 0.267 e. The van der Waals surface area contributed by atoms with Crippen molar-refractivity contribution in [2.75, 3.05) is 24.2 Å². The highest BCUT2D eigenvalue weighted by molar-refractivity contribution is 7.92. The lowest BCUT2D eigenvalue weighted by Gasteiger charge is -2.13. The van der Waals surface area contributed by atoms with Crippen LogP contribution in [0.4, 0.5) is 16.0 Å². The third-order valence-corrected chi connectivity index (χ3v) is 6.29. The van der Waals surface area contributed by atoms with Crippen LogP contribution in [-0.2, 0) is 10.0 Å². The Morgan fingerprint density at radius 1 is 1.06 bits per heavy atom. The van der Waals surface area contributed by atoms with E-state index in [1.165, 1.54) is 31.5 Å². The molecule has 0 radical (unpaired) electrons. The van der Waals surface area contributed by atoms with Gasteiger partial charge in [-0.25, -0.2) is 27.8 Å². The van der Waals surface area contributed by atoms with Gasteiger partial charge in [-0.2, -0.15) is 4.98 Å². The van der Waals surface area contributed by atoms with Crippen molar-refractivity contribution in [1.29, 1.82) is 0 Å². The molecule has 0 unspecified atom stereocenters. The van der Waals surface area contributed by atoms with Crippen molar-refractivity contribution in [3.63, 3.8) is 0 Å². The Bertz CT molecular complexity index is 1480. The first-order valence-electron chi connectivity index (χ1n) is 9.55. The minimum Gasteiger partial charge on any atom is -0.480 e. The van der Waals surface area contributed by atoms with Crippen molar-refractivity contribution in [2.45, 2.75) is 11.8 Å². The fourth-order valence-electron chi connectivity index (χ4n) is 3.23. The molecule has 0 atom stereocenters. The molecule has 0 spiro atoms. The summed E-state index contributed by atoms with van der Waals surface area (Å²) >= 11 is 5.91. The molecule has 2 N–H and O–H groups in total. The third kappa shape index (κ3) is 4.64. The molecule has 0 bridgehead atoms. The molecular formula is C21H18ClFN6O3S. The number of nitrogens with zero attached hydrogens (tertiary/aromatic N) is 4. The van der Waals surface area contributed by atoms with E-state index in [4.69, 9.17) is 16.3 Å². The van der Waals surface area contributed by atoms with Gasteiger partial charge in [0.2, 0.25) is 11.8 Å². The second-order valence-corrected chi connectivity index (χ2v) is 9.06. The molecule has 0 saturated heterocycles. The van der Waals surface area contributed by atoms with E-state index < -0.39 is 15.8 Å². The van der Waals surface area contributed by atoms with Crippen molar-refractivity contribution in [1.82, 2.24) is 19.9 Å². The second-order valence-electron chi connectivity index (χ2n) is 6.97. The first-order valence-corrected chi connectivity index (χ1v) is 11.4. The van der Waals surface area contributed by atoms with Gasteiger partial charge in [0.15, 0.2) is 10.5 Å². The van der Waals surface area contributed by atoms with E-state index in [0.29, 0.717) is 33.8 Å². The van der Waals surface area contributed by atoms with E-state index in [-0.39, 0.29) is 21.5 Å². The fourth-order valence-corrected chi connectivity index (χ4v) is 4.64. The zero-order chi connectivity index (χ0) is 23.8. The molecule has 4 aromatic rings. The second kappa shape index (κ2) is 8.75. The lowest BCUT2D eigenvalue weighted by molar-refractivity contribution is 0.385. The van der Waals surface area contributed by atoms with E-state index in [1.54, 1.807) is 26.2 Å². The minimum atomic E-state index is -4.18. The monoisotopic (exact) mass is 488 g/mol. The summed E-state index contributed by atoms with van der Waals surface area (Å²) in [5.41, 5.74) is 2.10. The van der Waals surface area contributed by atoms with Crippen LogP contribution >= 0.6 is 11.6 Å². The molecule has 1 aromatic carbocycles. The number of anilines is 2. The number of fused-ring (bicyclic) bond motifs is 1. The van der Waals surface area contributed by atoms with Gasteiger partial charge in [0.25, 0.3) is 10.0 Å². The lowest BCUT2D eigenvalue weighted by atomic mass is 10.0. The maximum absolute atomic E-state index is 14.5. The summed E-state index contributed by atoms with van der Waals surface area (Å²) in [6.07, 6.45) is 2.86. The van der Waals surface area contributed by atoms with Crippen LogP contribution in [0.25, 0.3) is 22.2 Å². The van der Waals surface area contributed by atoms with Gasteiger partial charge >= 0.3 is 0 Å². The number of sulfonamides is 1. The Hall–Kier alpha value is -3.57. The molecule has 12 heteroatoms. The molecule has 0 aliphatic rings. The predicted molar refractivity (Wildman–Crippen MR) is 124 cm³/mol. The molecule has 9 nitrogen and oxygen atoms in total. The Kier molecular flexibility index (Phi) is 6.00. The zero-order valence-corrected chi connectivity index (χ0v) is 19.3. The quantitative estimate of drug-likeness (QED) is 0.417. The van der Waals surface area contributed by atoms with Gasteiger partial charge in [-0.15, -0.1) is 0 Å². The molecule has 33 heavy (non-hydrogen) atoms. The average Bonchev–Trinajstić information content (AvgIpc) is 2.77. The van der Waals surface area contributed by atoms with Crippen LogP contribution in [0, 0.1) is 12.7 Å². The number of nitrogens with one attached hydrogen (secondary N) is 2. The summed E-state index contributed by atoms with van der Waals surface area (Å²) in [6.45, 7) is 1.76. The molecule has 3 aromatic heterocycles. The number of rotatable bonds is 6. The standard InChI is InChI=1S/C21H18ClFN6O3S/c1-11-17(6-13-9-26-21(24-2)28-19(13)27-11)12-4-15(23)8-16(5-12)29-33(30,31)18-7-14(22)10-25-20(18)32-3/h4-10,29H,1-3H3,(H,24,26,27,28). The molecule has 0 amide bonds. The van der Waals surface area contributed by atoms with Crippen LogP contribution in [0.1, 0.15) is 5.69 Å². The molecule has 0 aliphatic heterocycles. The van der Waals surface area contributed by atoms with E-state index in [1.807, 2.05) is 0 Å². The van der Waals surface area contributed by atoms with Crippen LogP contribution in [0.2, 0.25) is 5.02 Å². The summed E-state index contributed by atoms with van der Waals surface area (Å²) in [4.78, 5) is 16.6. The molecule has 4 rings (SSSR count). The lowest BCUT2D eigenvalue weighted by Crippen LogP contribution is -2.15. The van der Waals surface area contributed by atoms with Crippen molar-refractivity contribution in [3.8, 4) is 17.0 Å². The highest BCUT2D eigenvalue weighted by Crippen LogP contribution is 2.31. The number of benzene rings is 1. The van der Waals surface area contributed by atoms with Crippen LogP contribution in [0.3, 0.4) is 0 Å². The van der Waals surface area contributed by atoms with Gasteiger partial charge in [0, 0.05) is 36.1 Å². The van der Waals surface area contributed by atoms with Crippen LogP contribution in [-0.4, -0.2) is 42.5 Å². The van der Waals surface area contributed by atoms with Gasteiger partial charge in [0.1, 0.15) is 5.82 Å². The number of halogens is 2. The number of pyridine rings is 2. The Labute approximate surface area is 194 Å². The highest BCUT2D eigenvalue weighted by Gasteiger charge is 2.22. The number of methoxy groups -OCH3 is 1. The molecule has 0 aliphatic carbocycles. The van der Waals surface area contributed by atoms with Gasteiger partial charge in [0.05, 0.1) is 17.8 Å². The van der Waals surface area contributed by atoms with Gasteiger partial charge < -0.3 is 10.1 Å². The van der Waals surface area contributed by atoms with Gasteiger partial charge in [-0.3, -0.25) is 4.72 Å². The third-order valence-electron chi connectivity index (χ3n) is 4.71. The van der Waals surface area contributed by atoms with Crippen molar-refractivity contribution in [3.05, 3.63) is 59.3 Å². The molecular weight excluding hydrogens is 471 g/mol. The minimum absolute atomic E-state index is 0.00769. The predicted octanol–water partition coefficient (Wildman–Crippen LogP) is 4.04. The number of aromatic nitrogens is 4. The SMILES string of the molecule is CNc1ncc2cc(-c3cc(F)cc(NS(=O)(=O)c4cc(Cl)cnc4OC)c3)c(C)nc2n1. The first-order chi connectivity index (χ1) is 15.7. The Morgan fingerprint density at radius 2 is 1.85 bits per heavy atom. The summed E-state index contributed by atoms with van der Waals surface area (Å²) < 4.78 is 47.8. The fraction of sp³-hybridized carbons (Fsp3) is 0.143. The highest BCUT2D eigenvalue weighted by atomic mass is 35.5. The summed E-state index contributed by atoms with van der Waals surface area (Å²) in [5.74, 6) is -0.350. The topological polar surface area (TPSA) is 119 Å². The van der Waals surface area contributed by atoms with Crippen molar-refractivity contribution < 1.29 is 17.5 Å². The molecule has 0 fully saturated rings. The summed E-state index contributed by atoms with van der Waals surface area (Å²) in [5, 5.41) is 3.61. The molecule has 0 saturated carbocycles. The number of aryl methyl sites for hydroxylation is 1. The summed E-state index contributed by atoms with van der Waals surface area (Å²) in [6, 6.07) is 6.83. The van der Waals surface area contributed by atoms with Crippen molar-refractivity contribution >= 4 is 44.3 Å². The van der Waals surface area contributed by atoms with Gasteiger partial charge in [-0.1, -0.05) is 11.6 Å². The maximum atomic E-state index is 14.5. The normalized spacial score (nSPS) is 11.4. The Morgan fingerprint density at radius 3 is 2.58 bits per heavy atom.